The molecule has 1 nitrogen and oxygen atoms in total. The van der Waals surface area contributed by atoms with Crippen molar-refractivity contribution in [1.29, 1.82) is 5.41 Å². The lowest BCUT2D eigenvalue weighted by molar-refractivity contribution is 1.03. The van der Waals surface area contributed by atoms with Gasteiger partial charge in [-0.1, -0.05) is 30.3 Å². The maximum absolute atomic E-state index is 7.41. The molecule has 0 aliphatic carbocycles. The monoisotopic (exact) mass is 179 g/mol. The van der Waals surface area contributed by atoms with E-state index in [0.29, 0.717) is 11.5 Å². The molecule has 0 aliphatic rings. The van der Waals surface area contributed by atoms with E-state index in [1.807, 2.05) is 18.2 Å². The molecule has 12 heavy (non-hydrogen) atoms. The summed E-state index contributed by atoms with van der Waals surface area (Å²) in [6.45, 7) is 0. The molecule has 0 radical (unpaired) electrons. The molecule has 0 aliphatic heterocycles. The minimum absolute atomic E-state index is 0.576. The highest BCUT2D eigenvalue weighted by molar-refractivity contribution is 7.81. The molecule has 1 aromatic rings. The summed E-state index contributed by atoms with van der Waals surface area (Å²) in [7, 11) is 0. The smallest absolute Gasteiger partial charge is 0.0281 e. The lowest BCUT2D eigenvalue weighted by Crippen LogP contribution is -1.99. The molecule has 0 fully saturated rings. The van der Waals surface area contributed by atoms with E-state index in [4.69, 9.17) is 5.41 Å². The van der Waals surface area contributed by atoms with Crippen LogP contribution in [0.5, 0.6) is 0 Å². The summed E-state index contributed by atoms with van der Waals surface area (Å²) in [6.07, 6.45) is 1.79. The summed E-state index contributed by atoms with van der Waals surface area (Å²) in [5.41, 5.74) is 2.01. The Hall–Kier alpha value is -0.760. The topological polar surface area (TPSA) is 23.9 Å². The summed E-state index contributed by atoms with van der Waals surface area (Å²) in [4.78, 5) is 0. The van der Waals surface area contributed by atoms with E-state index in [1.54, 1.807) is 0 Å². The van der Waals surface area contributed by atoms with Gasteiger partial charge < -0.3 is 5.41 Å². The summed E-state index contributed by atoms with van der Waals surface area (Å²) in [5.74, 6) is 0.576. The molecule has 0 heterocycles. The van der Waals surface area contributed by atoms with Crippen LogP contribution in [-0.2, 0) is 6.42 Å². The van der Waals surface area contributed by atoms with Gasteiger partial charge in [0.1, 0.15) is 0 Å². The first-order valence-corrected chi connectivity index (χ1v) is 4.67. The van der Waals surface area contributed by atoms with Crippen molar-refractivity contribution in [3.63, 3.8) is 0 Å². The molecule has 1 rings (SSSR count). The lowest BCUT2D eigenvalue weighted by Gasteiger charge is -2.00. The number of hydrogen-bond acceptors (Lipinski definition) is 2. The van der Waals surface area contributed by atoms with Crippen LogP contribution in [0.15, 0.2) is 30.3 Å². The molecule has 64 valence electrons. The van der Waals surface area contributed by atoms with Crippen LogP contribution in [0.3, 0.4) is 0 Å². The van der Waals surface area contributed by atoms with Crippen LogP contribution in [-0.4, -0.2) is 11.5 Å². The van der Waals surface area contributed by atoms with E-state index < -0.39 is 0 Å². The van der Waals surface area contributed by atoms with Crippen molar-refractivity contribution < 1.29 is 0 Å². The zero-order valence-corrected chi connectivity index (χ0v) is 7.85. The van der Waals surface area contributed by atoms with Gasteiger partial charge in [-0.25, -0.2) is 0 Å². The molecule has 0 amide bonds. The van der Waals surface area contributed by atoms with Gasteiger partial charge in [0.25, 0.3) is 0 Å². The first kappa shape index (κ1) is 9.33. The third-order valence-corrected chi connectivity index (χ3v) is 2.13. The van der Waals surface area contributed by atoms with Crippen molar-refractivity contribution in [2.24, 2.45) is 0 Å². The Morgan fingerprint density at radius 3 is 2.50 bits per heavy atom. The molecule has 1 N–H and O–H groups in total. The molecule has 0 unspecified atom stereocenters. The molecule has 0 bridgehead atoms. The molecular weight excluding hydrogens is 166 g/mol. The quantitative estimate of drug-likeness (QED) is 0.524. The van der Waals surface area contributed by atoms with Gasteiger partial charge in [0.05, 0.1) is 0 Å². The molecule has 0 spiro atoms. The Kier molecular flexibility index (Phi) is 3.88. The van der Waals surface area contributed by atoms with Crippen molar-refractivity contribution >= 4 is 18.3 Å². The normalized spacial score (nSPS) is 9.75. The fraction of sp³-hybridized carbons (Fsp3) is 0.300. The Bertz CT molecular complexity index is 243. The highest BCUT2D eigenvalue weighted by Crippen LogP contribution is 2.03. The lowest BCUT2D eigenvalue weighted by atomic mass is 10.1. The van der Waals surface area contributed by atoms with E-state index in [9.17, 15) is 0 Å². The van der Waals surface area contributed by atoms with Crippen LogP contribution < -0.4 is 0 Å². The van der Waals surface area contributed by atoms with Crippen LogP contribution in [0.4, 0.5) is 0 Å². The molecule has 0 atom stereocenters. The second-order valence-corrected chi connectivity index (χ2v) is 3.06. The first-order valence-electron chi connectivity index (χ1n) is 4.04. The molecule has 2 heteroatoms. The van der Waals surface area contributed by atoms with Crippen molar-refractivity contribution in [2.75, 3.05) is 5.75 Å². The fourth-order valence-electron chi connectivity index (χ4n) is 1.02. The molecule has 0 saturated heterocycles. The van der Waals surface area contributed by atoms with Crippen LogP contribution >= 0.6 is 12.6 Å². The molecule has 0 saturated carbocycles. The Balaban J connectivity index is 2.38. The fourth-order valence-corrected chi connectivity index (χ4v) is 1.18. The number of aryl methyl sites for hydroxylation is 1. The van der Waals surface area contributed by atoms with Crippen LogP contribution in [0.1, 0.15) is 12.0 Å². The van der Waals surface area contributed by atoms with Crippen molar-refractivity contribution in [1.82, 2.24) is 0 Å². The van der Waals surface area contributed by atoms with Gasteiger partial charge in [-0.3, -0.25) is 0 Å². The average Bonchev–Trinajstić information content (AvgIpc) is 2.16. The van der Waals surface area contributed by atoms with E-state index >= 15 is 0 Å². The van der Waals surface area contributed by atoms with Gasteiger partial charge in [0, 0.05) is 11.5 Å². The third-order valence-electron chi connectivity index (χ3n) is 1.75. The maximum atomic E-state index is 7.41. The van der Waals surface area contributed by atoms with Gasteiger partial charge in [-0.15, -0.1) is 0 Å². The van der Waals surface area contributed by atoms with Gasteiger partial charge in [-0.2, -0.15) is 12.6 Å². The second-order valence-electron chi connectivity index (χ2n) is 2.75. The summed E-state index contributed by atoms with van der Waals surface area (Å²) >= 11 is 4.04. The van der Waals surface area contributed by atoms with Gasteiger partial charge in [0.15, 0.2) is 0 Å². The van der Waals surface area contributed by atoms with Gasteiger partial charge in [0.2, 0.25) is 0 Å². The SMILES string of the molecule is N=C(CS)CCc1ccccc1. The average molecular weight is 179 g/mol. The van der Waals surface area contributed by atoms with Crippen molar-refractivity contribution in [3.8, 4) is 0 Å². The Labute approximate surface area is 78.7 Å². The zero-order valence-electron chi connectivity index (χ0n) is 6.96. The largest absolute Gasteiger partial charge is 0.309 e. The van der Waals surface area contributed by atoms with E-state index in [2.05, 4.69) is 24.8 Å². The van der Waals surface area contributed by atoms with Crippen molar-refractivity contribution in [2.45, 2.75) is 12.8 Å². The first-order chi connectivity index (χ1) is 5.83. The van der Waals surface area contributed by atoms with Crippen LogP contribution in [0, 0.1) is 5.41 Å². The predicted molar refractivity (Wildman–Crippen MR) is 56.3 cm³/mol. The standard InChI is InChI=1S/C10H13NS/c11-10(8-12)7-6-9-4-2-1-3-5-9/h1-5,11-12H,6-8H2. The summed E-state index contributed by atoms with van der Waals surface area (Å²) in [6, 6.07) is 10.2. The zero-order chi connectivity index (χ0) is 8.81. The number of rotatable bonds is 4. The molecule has 1 aromatic carbocycles. The Morgan fingerprint density at radius 1 is 1.25 bits per heavy atom. The highest BCUT2D eigenvalue weighted by Gasteiger charge is 1.95. The Morgan fingerprint density at radius 2 is 1.92 bits per heavy atom. The molecular formula is C10H13NS. The van der Waals surface area contributed by atoms with Crippen molar-refractivity contribution in [3.05, 3.63) is 35.9 Å². The van der Waals surface area contributed by atoms with Crippen LogP contribution in [0.2, 0.25) is 0 Å². The van der Waals surface area contributed by atoms with E-state index in [0.717, 1.165) is 12.8 Å². The van der Waals surface area contributed by atoms with Gasteiger partial charge >= 0.3 is 0 Å². The van der Waals surface area contributed by atoms with E-state index in [1.165, 1.54) is 5.56 Å². The highest BCUT2D eigenvalue weighted by atomic mass is 32.1. The number of hydrogen-bond donors (Lipinski definition) is 2. The number of benzene rings is 1. The summed E-state index contributed by atoms with van der Waals surface area (Å²) in [5, 5.41) is 7.41. The molecule has 0 aromatic heterocycles. The number of nitrogens with one attached hydrogen (secondary N) is 1. The predicted octanol–water partition coefficient (Wildman–Crippen LogP) is 2.57. The number of thiol groups is 1. The maximum Gasteiger partial charge on any atom is 0.0281 e. The van der Waals surface area contributed by atoms with Crippen LogP contribution in [0.25, 0.3) is 0 Å². The summed E-state index contributed by atoms with van der Waals surface area (Å²) < 4.78 is 0. The minimum Gasteiger partial charge on any atom is -0.309 e. The van der Waals surface area contributed by atoms with E-state index in [-0.39, 0.29) is 0 Å². The minimum atomic E-state index is 0.576. The van der Waals surface area contributed by atoms with Gasteiger partial charge in [-0.05, 0) is 18.4 Å². The third kappa shape index (κ3) is 3.09. The second kappa shape index (κ2) is 4.99.